The van der Waals surface area contributed by atoms with Gasteiger partial charge in [0.15, 0.2) is 0 Å². The third-order valence-corrected chi connectivity index (χ3v) is 13.9. The van der Waals surface area contributed by atoms with E-state index in [0.29, 0.717) is 0 Å². The molecule has 0 saturated heterocycles. The van der Waals surface area contributed by atoms with Gasteiger partial charge in [-0.2, -0.15) is 0 Å². The van der Waals surface area contributed by atoms with E-state index in [4.69, 9.17) is 0 Å². The lowest BCUT2D eigenvalue weighted by Crippen LogP contribution is -2.13. The van der Waals surface area contributed by atoms with Gasteiger partial charge in [-0.05, 0) is 133 Å². The molecule has 300 valence electrons. The van der Waals surface area contributed by atoms with E-state index in [-0.39, 0.29) is 0 Å². The fourth-order valence-corrected chi connectivity index (χ4v) is 11.0. The first-order chi connectivity index (χ1) is 30.8. The van der Waals surface area contributed by atoms with Crippen LogP contribution in [0.2, 0.25) is 0 Å². The first-order valence-electron chi connectivity index (χ1n) is 22.9. The van der Waals surface area contributed by atoms with E-state index in [1.54, 1.807) is 11.1 Å². The molecule has 62 heavy (non-hydrogen) atoms. The van der Waals surface area contributed by atoms with Crippen LogP contribution in [0.5, 0.6) is 0 Å². The SMILES string of the molecule is C(=C1CCCCC1)c1ccc(N(c2ccccc2)c2c3cccc4ccc5c(N(c6ccccc6)c6ccc(C=C7CCCCC7)cc6)c6cccc7ccc2c(c76)c5c43)cc1. The van der Waals surface area contributed by atoms with Crippen molar-refractivity contribution in [1.82, 2.24) is 0 Å². The number of para-hydroxylation sites is 2. The molecule has 2 aliphatic rings. The molecule has 0 bridgehead atoms. The zero-order valence-electron chi connectivity index (χ0n) is 35.3. The summed E-state index contributed by atoms with van der Waals surface area (Å²) in [6.07, 6.45) is 17.7. The molecular formula is C60H50N2. The van der Waals surface area contributed by atoms with Crippen LogP contribution in [0.4, 0.5) is 34.1 Å². The molecule has 0 aliphatic heterocycles. The van der Waals surface area contributed by atoms with E-state index in [0.717, 1.165) is 22.7 Å². The molecule has 10 aromatic carbocycles. The predicted octanol–water partition coefficient (Wildman–Crippen LogP) is 18.0. The van der Waals surface area contributed by atoms with E-state index < -0.39 is 0 Å². The monoisotopic (exact) mass is 798 g/mol. The smallest absolute Gasteiger partial charge is 0.0619 e. The Morgan fingerprint density at radius 1 is 0.290 bits per heavy atom. The van der Waals surface area contributed by atoms with Gasteiger partial charge < -0.3 is 9.80 Å². The van der Waals surface area contributed by atoms with E-state index in [2.05, 4.69) is 192 Å². The van der Waals surface area contributed by atoms with Crippen LogP contribution < -0.4 is 9.80 Å². The van der Waals surface area contributed by atoms with Crippen molar-refractivity contribution in [2.75, 3.05) is 9.80 Å². The number of hydrogen-bond donors (Lipinski definition) is 0. The van der Waals surface area contributed by atoms with Gasteiger partial charge in [0.05, 0.1) is 11.4 Å². The summed E-state index contributed by atoms with van der Waals surface area (Å²) in [6, 6.07) is 63.9. The summed E-state index contributed by atoms with van der Waals surface area (Å²) in [7, 11) is 0. The highest BCUT2D eigenvalue weighted by molar-refractivity contribution is 6.43. The highest BCUT2D eigenvalue weighted by Crippen LogP contribution is 2.55. The molecule has 12 rings (SSSR count). The molecule has 2 heteroatoms. The predicted molar refractivity (Wildman–Crippen MR) is 268 cm³/mol. The lowest BCUT2D eigenvalue weighted by molar-refractivity contribution is 0.602. The molecule has 2 aliphatic carbocycles. The summed E-state index contributed by atoms with van der Waals surface area (Å²) in [5.41, 5.74) is 12.8. The van der Waals surface area contributed by atoms with Crippen LogP contribution in [0.1, 0.15) is 75.3 Å². The zero-order valence-corrected chi connectivity index (χ0v) is 35.3. The van der Waals surface area contributed by atoms with Crippen molar-refractivity contribution < 1.29 is 0 Å². The minimum Gasteiger partial charge on any atom is -0.309 e. The Morgan fingerprint density at radius 3 is 1.06 bits per heavy atom. The normalized spacial score (nSPS) is 14.7. The minimum atomic E-state index is 1.15. The zero-order chi connectivity index (χ0) is 41.0. The molecule has 0 aromatic heterocycles. The van der Waals surface area contributed by atoms with Gasteiger partial charge in [-0.3, -0.25) is 0 Å². The van der Waals surface area contributed by atoms with Crippen molar-refractivity contribution in [3.8, 4) is 0 Å². The van der Waals surface area contributed by atoms with Crippen LogP contribution in [-0.2, 0) is 0 Å². The molecule has 2 nitrogen and oxygen atoms in total. The summed E-state index contributed by atoms with van der Waals surface area (Å²) in [5.74, 6) is 0. The van der Waals surface area contributed by atoms with E-state index in [1.165, 1.54) is 141 Å². The number of rotatable bonds is 8. The molecule has 0 unspecified atom stereocenters. The summed E-state index contributed by atoms with van der Waals surface area (Å²) in [5, 5.41) is 12.9. The van der Waals surface area contributed by atoms with Gasteiger partial charge in [0.1, 0.15) is 0 Å². The van der Waals surface area contributed by atoms with Crippen LogP contribution in [0.25, 0.3) is 66.0 Å². The maximum absolute atomic E-state index is 2.52. The molecular weight excluding hydrogens is 749 g/mol. The maximum Gasteiger partial charge on any atom is 0.0619 e. The highest BCUT2D eigenvalue weighted by atomic mass is 15.2. The summed E-state index contributed by atoms with van der Waals surface area (Å²) >= 11 is 0. The Bertz CT molecular complexity index is 3030. The quantitative estimate of drug-likeness (QED) is 0.112. The van der Waals surface area contributed by atoms with Gasteiger partial charge in [0.2, 0.25) is 0 Å². The first-order valence-corrected chi connectivity index (χ1v) is 22.9. The summed E-state index contributed by atoms with van der Waals surface area (Å²) in [4.78, 5) is 5.03. The number of nitrogens with zero attached hydrogens (tertiary/aromatic N) is 2. The lowest BCUT2D eigenvalue weighted by atomic mass is 9.84. The number of hydrogen-bond acceptors (Lipinski definition) is 2. The third-order valence-electron chi connectivity index (χ3n) is 13.9. The minimum absolute atomic E-state index is 1.15. The van der Waals surface area contributed by atoms with Crippen LogP contribution in [0.15, 0.2) is 181 Å². The standard InChI is InChI=1S/C60H50N2/c1-5-15-41(16-6-1)39-43-27-33-49(34-28-43)61(47-21-9-3-10-22-47)59-51-25-13-19-45-32-38-54-58(55(45)51)57-53(59)37-31-46-20-14-26-52(56(46)57)60(54)62(48-23-11-4-12-24-48)50-35-29-44(30-36-50)40-42-17-7-2-8-18-42/h3-4,9-14,19-40H,1-2,5-8,15-18H2. The molecule has 0 spiro atoms. The second-order valence-corrected chi connectivity index (χ2v) is 17.7. The van der Waals surface area contributed by atoms with Gasteiger partial charge in [0, 0.05) is 55.1 Å². The van der Waals surface area contributed by atoms with E-state index in [9.17, 15) is 0 Å². The van der Waals surface area contributed by atoms with Gasteiger partial charge >= 0.3 is 0 Å². The van der Waals surface area contributed by atoms with E-state index in [1.807, 2.05) is 0 Å². The summed E-state index contributed by atoms with van der Waals surface area (Å²) < 4.78 is 0. The Hall–Kier alpha value is -6.90. The van der Waals surface area contributed by atoms with Crippen LogP contribution in [-0.4, -0.2) is 0 Å². The van der Waals surface area contributed by atoms with Gasteiger partial charge in [-0.1, -0.05) is 157 Å². The average Bonchev–Trinajstić information content (AvgIpc) is 3.34. The molecule has 2 fully saturated rings. The first kappa shape index (κ1) is 36.9. The Labute approximate surface area is 364 Å². The Balaban J connectivity index is 1.12. The largest absolute Gasteiger partial charge is 0.309 e. The topological polar surface area (TPSA) is 6.48 Å². The fourth-order valence-electron chi connectivity index (χ4n) is 11.0. The van der Waals surface area contributed by atoms with Crippen molar-refractivity contribution >= 4 is 100 Å². The van der Waals surface area contributed by atoms with Gasteiger partial charge in [0.25, 0.3) is 0 Å². The molecule has 0 heterocycles. The highest BCUT2D eigenvalue weighted by Gasteiger charge is 2.28. The van der Waals surface area contributed by atoms with Crippen LogP contribution >= 0.6 is 0 Å². The average molecular weight is 799 g/mol. The number of anilines is 6. The Morgan fingerprint density at radius 2 is 0.661 bits per heavy atom. The van der Waals surface area contributed by atoms with Crippen molar-refractivity contribution in [3.63, 3.8) is 0 Å². The van der Waals surface area contributed by atoms with Crippen molar-refractivity contribution in [1.29, 1.82) is 0 Å². The fraction of sp³-hybridized carbons (Fsp3) is 0.167. The maximum atomic E-state index is 2.52. The van der Waals surface area contributed by atoms with Crippen LogP contribution in [0.3, 0.4) is 0 Å². The lowest BCUT2D eigenvalue weighted by Gasteiger charge is -2.33. The molecule has 10 aromatic rings. The van der Waals surface area contributed by atoms with Crippen molar-refractivity contribution in [3.05, 3.63) is 192 Å². The van der Waals surface area contributed by atoms with Crippen molar-refractivity contribution in [2.45, 2.75) is 64.2 Å². The van der Waals surface area contributed by atoms with E-state index >= 15 is 0 Å². The van der Waals surface area contributed by atoms with Crippen LogP contribution in [0, 0.1) is 0 Å². The second-order valence-electron chi connectivity index (χ2n) is 17.7. The number of benzene rings is 10. The summed E-state index contributed by atoms with van der Waals surface area (Å²) in [6.45, 7) is 0. The molecule has 2 saturated carbocycles. The second kappa shape index (κ2) is 15.5. The molecule has 0 amide bonds. The Kier molecular flexibility index (Phi) is 9.25. The number of allylic oxidation sites excluding steroid dienone is 2. The third kappa shape index (κ3) is 6.31. The van der Waals surface area contributed by atoms with Crippen molar-refractivity contribution in [2.24, 2.45) is 0 Å². The van der Waals surface area contributed by atoms with Gasteiger partial charge in [-0.15, -0.1) is 0 Å². The van der Waals surface area contributed by atoms with Gasteiger partial charge in [-0.25, -0.2) is 0 Å². The molecule has 0 radical (unpaired) electrons. The molecule has 0 N–H and O–H groups in total. The molecule has 0 atom stereocenters.